The third kappa shape index (κ3) is 6.45. The summed E-state index contributed by atoms with van der Waals surface area (Å²) in [5.74, 6) is 0. The summed E-state index contributed by atoms with van der Waals surface area (Å²) in [4.78, 5) is 10.00. The van der Waals surface area contributed by atoms with Crippen LogP contribution in [0, 0.1) is 10.1 Å². The number of nitro benzene ring substituents is 1. The molecule has 0 radical (unpaired) electrons. The predicted octanol–water partition coefficient (Wildman–Crippen LogP) is 1.92. The zero-order valence-electron chi connectivity index (χ0n) is 14.6. The summed E-state index contributed by atoms with van der Waals surface area (Å²) in [7, 11) is -6.72. The van der Waals surface area contributed by atoms with Crippen molar-refractivity contribution < 1.29 is 26.6 Å². The van der Waals surface area contributed by atoms with Crippen LogP contribution in [0.25, 0.3) is 0 Å². The van der Waals surface area contributed by atoms with Crippen molar-refractivity contribution in [2.24, 2.45) is 0 Å². The zero-order valence-corrected chi connectivity index (χ0v) is 16.4. The molecule has 1 rings (SSSR count). The summed E-state index contributed by atoms with van der Waals surface area (Å²) in [6.45, 7) is 6.75. The molecule has 0 aliphatic rings. The molecule has 0 aliphatic heterocycles. The second-order valence-electron chi connectivity index (χ2n) is 4.88. The van der Waals surface area contributed by atoms with E-state index in [1.165, 1.54) is 12.1 Å². The Morgan fingerprint density at radius 3 is 1.92 bits per heavy atom. The summed E-state index contributed by atoms with van der Waals surface area (Å²) >= 11 is 0. The maximum Gasteiger partial charge on any atom is 0.502 e. The first-order valence-electron chi connectivity index (χ1n) is 7.96. The average molecular weight is 393 g/mol. The molecular weight excluding hydrogens is 368 g/mol. The summed E-state index contributed by atoms with van der Waals surface area (Å²) < 4.78 is 44.0. The van der Waals surface area contributed by atoms with Crippen LogP contribution in [0.1, 0.15) is 20.8 Å². The third-order valence-electron chi connectivity index (χ3n) is 3.17. The van der Waals surface area contributed by atoms with Gasteiger partial charge in [0.15, 0.2) is 0 Å². The Morgan fingerprint density at radius 1 is 1.04 bits per heavy atom. The van der Waals surface area contributed by atoms with Gasteiger partial charge in [0.2, 0.25) is 10.0 Å². The number of non-ortho nitro benzene ring substituents is 1. The van der Waals surface area contributed by atoms with Gasteiger partial charge in [-0.2, -0.15) is 0 Å². The van der Waals surface area contributed by atoms with Gasteiger partial charge in [0.1, 0.15) is 0 Å². The molecule has 0 unspecified atom stereocenters. The summed E-state index contributed by atoms with van der Waals surface area (Å²) in [5, 5.41) is 10.6. The Hall–Kier alpha value is -1.37. The molecule has 0 atom stereocenters. The number of nitro groups is 1. The molecule has 1 aromatic carbocycles. The largest absolute Gasteiger partial charge is 0.502 e. The molecule has 0 spiro atoms. The molecule has 0 fully saturated rings. The monoisotopic (exact) mass is 392 g/mol. The number of rotatable bonds is 12. The lowest BCUT2D eigenvalue weighted by Crippen LogP contribution is -2.48. The highest BCUT2D eigenvalue weighted by atomic mass is 32.2. The normalized spacial score (nSPS) is 12.3. The molecule has 0 amide bonds. The van der Waals surface area contributed by atoms with Crippen molar-refractivity contribution >= 4 is 24.5 Å². The number of benzene rings is 1. The maximum atomic E-state index is 12.3. The Kier molecular flexibility index (Phi) is 8.62. The van der Waals surface area contributed by atoms with E-state index in [0.29, 0.717) is 19.8 Å². The highest BCUT2D eigenvalue weighted by Gasteiger charge is 2.40. The minimum atomic E-state index is -3.79. The molecule has 142 valence electrons. The van der Waals surface area contributed by atoms with E-state index in [1.54, 1.807) is 0 Å². The van der Waals surface area contributed by atoms with Crippen molar-refractivity contribution in [3.63, 3.8) is 0 Å². The minimum absolute atomic E-state index is 0.0467. The third-order valence-corrected chi connectivity index (χ3v) is 7.70. The highest BCUT2D eigenvalue weighted by Crippen LogP contribution is 2.18. The van der Waals surface area contributed by atoms with E-state index < -0.39 is 23.8 Å². The van der Waals surface area contributed by atoms with Gasteiger partial charge in [-0.1, -0.05) is 0 Å². The Balaban J connectivity index is 2.77. The van der Waals surface area contributed by atoms with E-state index in [0.717, 1.165) is 12.1 Å². The Labute approximate surface area is 148 Å². The van der Waals surface area contributed by atoms with E-state index in [1.807, 2.05) is 20.8 Å². The van der Waals surface area contributed by atoms with Gasteiger partial charge in [-0.05, 0) is 32.9 Å². The van der Waals surface area contributed by atoms with E-state index in [9.17, 15) is 18.5 Å². The first-order valence-corrected chi connectivity index (χ1v) is 11.4. The topological polar surface area (TPSA) is 117 Å². The molecule has 0 heterocycles. The molecule has 1 aromatic rings. The number of nitrogens with one attached hydrogen (secondary N) is 1. The van der Waals surface area contributed by atoms with Crippen molar-refractivity contribution in [2.45, 2.75) is 31.7 Å². The Bertz CT molecular complexity index is 635. The van der Waals surface area contributed by atoms with Crippen LogP contribution in [-0.2, 0) is 23.3 Å². The second-order valence-corrected chi connectivity index (χ2v) is 9.38. The Morgan fingerprint density at radius 2 is 1.52 bits per heavy atom. The number of nitrogens with zero attached hydrogens (tertiary/aromatic N) is 1. The van der Waals surface area contributed by atoms with E-state index in [-0.39, 0.29) is 23.2 Å². The van der Waals surface area contributed by atoms with Crippen LogP contribution in [0.4, 0.5) is 5.69 Å². The van der Waals surface area contributed by atoms with Gasteiger partial charge in [0, 0.05) is 44.5 Å². The van der Waals surface area contributed by atoms with Crippen LogP contribution in [0.15, 0.2) is 29.2 Å². The van der Waals surface area contributed by atoms with Gasteiger partial charge < -0.3 is 13.3 Å². The highest BCUT2D eigenvalue weighted by molar-refractivity contribution is 7.89. The number of sulfonamides is 1. The van der Waals surface area contributed by atoms with Crippen LogP contribution in [0.2, 0.25) is 6.04 Å². The van der Waals surface area contributed by atoms with Crippen LogP contribution < -0.4 is 4.72 Å². The summed E-state index contributed by atoms with van der Waals surface area (Å²) in [5.41, 5.74) is -0.172. The molecule has 25 heavy (non-hydrogen) atoms. The fourth-order valence-corrected chi connectivity index (χ4v) is 5.82. The molecule has 0 aliphatic carbocycles. The van der Waals surface area contributed by atoms with E-state index in [2.05, 4.69) is 4.72 Å². The number of hydrogen-bond donors (Lipinski definition) is 1. The van der Waals surface area contributed by atoms with Gasteiger partial charge in [0.25, 0.3) is 5.69 Å². The smallest absolute Gasteiger partial charge is 0.374 e. The fourth-order valence-electron chi connectivity index (χ4n) is 2.17. The summed E-state index contributed by atoms with van der Waals surface area (Å²) in [6.07, 6.45) is 0. The summed E-state index contributed by atoms with van der Waals surface area (Å²) in [6, 6.07) is 4.97. The molecule has 0 saturated carbocycles. The lowest BCUT2D eigenvalue weighted by molar-refractivity contribution is -0.384. The molecule has 0 saturated heterocycles. The molecule has 9 nitrogen and oxygen atoms in total. The standard InChI is InChI=1S/C14H24N2O7SSi/c1-4-21-25(22-5-2,23-6-3)12-11-15-24(19,20)14-9-7-13(8-10-14)16(17)18/h7-10,15H,4-6,11-12H2,1-3H3. The molecule has 0 aromatic heterocycles. The lowest BCUT2D eigenvalue weighted by atomic mass is 10.3. The van der Waals surface area contributed by atoms with Crippen LogP contribution >= 0.6 is 0 Å². The van der Waals surface area contributed by atoms with E-state index >= 15 is 0 Å². The second kappa shape index (κ2) is 9.94. The van der Waals surface area contributed by atoms with Gasteiger partial charge in [-0.25, -0.2) is 13.1 Å². The van der Waals surface area contributed by atoms with Crippen molar-refractivity contribution in [1.29, 1.82) is 0 Å². The quantitative estimate of drug-likeness (QED) is 0.328. The molecule has 1 N–H and O–H groups in total. The SMILES string of the molecule is CCO[Si](CCNS(=O)(=O)c1ccc([N+](=O)[O-])cc1)(OCC)OCC. The molecular formula is C14H24N2O7SSi. The van der Waals surface area contributed by atoms with Gasteiger partial charge in [-0.3, -0.25) is 10.1 Å². The zero-order chi connectivity index (χ0) is 18.9. The van der Waals surface area contributed by atoms with Gasteiger partial charge in [0.05, 0.1) is 9.82 Å². The van der Waals surface area contributed by atoms with Crippen molar-refractivity contribution in [3.05, 3.63) is 34.4 Å². The molecule has 11 heteroatoms. The minimum Gasteiger partial charge on any atom is -0.374 e. The lowest BCUT2D eigenvalue weighted by Gasteiger charge is -2.28. The first-order chi connectivity index (χ1) is 11.8. The first kappa shape index (κ1) is 21.7. The maximum absolute atomic E-state index is 12.3. The van der Waals surface area contributed by atoms with Crippen molar-refractivity contribution in [2.75, 3.05) is 26.4 Å². The van der Waals surface area contributed by atoms with Crippen molar-refractivity contribution in [3.8, 4) is 0 Å². The fraction of sp³-hybridized carbons (Fsp3) is 0.571. The van der Waals surface area contributed by atoms with E-state index in [4.69, 9.17) is 13.3 Å². The van der Waals surface area contributed by atoms with Crippen molar-refractivity contribution in [1.82, 2.24) is 4.72 Å². The van der Waals surface area contributed by atoms with Crippen LogP contribution in [0.3, 0.4) is 0 Å². The van der Waals surface area contributed by atoms with Crippen LogP contribution in [-0.4, -0.2) is 48.5 Å². The molecule has 0 bridgehead atoms. The van der Waals surface area contributed by atoms with Gasteiger partial charge in [-0.15, -0.1) is 0 Å². The average Bonchev–Trinajstić information content (AvgIpc) is 2.55. The predicted molar refractivity (Wildman–Crippen MR) is 93.7 cm³/mol. The van der Waals surface area contributed by atoms with Gasteiger partial charge >= 0.3 is 8.80 Å². The number of hydrogen-bond acceptors (Lipinski definition) is 7. The van der Waals surface area contributed by atoms with Crippen LogP contribution in [0.5, 0.6) is 0 Å².